The topological polar surface area (TPSA) is 55.0 Å². The maximum absolute atomic E-state index is 5.93. The van der Waals surface area contributed by atoms with Gasteiger partial charge in [0.1, 0.15) is 5.82 Å². The van der Waals surface area contributed by atoms with E-state index in [0.29, 0.717) is 6.54 Å². The lowest BCUT2D eigenvalue weighted by atomic mass is 10.1. The van der Waals surface area contributed by atoms with Crippen molar-refractivity contribution < 1.29 is 0 Å². The molecule has 0 spiro atoms. The normalized spacial score (nSPS) is 14.8. The molecule has 4 heteroatoms. The van der Waals surface area contributed by atoms with Gasteiger partial charge < -0.3 is 10.6 Å². The molecule has 1 aliphatic rings. The Balaban J connectivity index is 2.04. The first-order valence-corrected chi connectivity index (χ1v) is 6.10. The standard InChI is InChI=1S/C15H14N4/c16-13-6-7-14(12-4-3-8-17-10-12)19(11-13)15-5-1-2-9-18-15/h1-10H,11,16H2. The van der Waals surface area contributed by atoms with Gasteiger partial charge in [-0.25, -0.2) is 4.98 Å². The largest absolute Gasteiger partial charge is 0.401 e. The van der Waals surface area contributed by atoms with E-state index in [1.165, 1.54) is 0 Å². The Hall–Kier alpha value is -2.62. The van der Waals surface area contributed by atoms with Crippen molar-refractivity contribution in [3.05, 3.63) is 72.3 Å². The Morgan fingerprint density at radius 1 is 1.05 bits per heavy atom. The van der Waals surface area contributed by atoms with Crippen LogP contribution in [0.5, 0.6) is 0 Å². The maximum Gasteiger partial charge on any atom is 0.133 e. The number of aromatic nitrogens is 2. The van der Waals surface area contributed by atoms with E-state index in [9.17, 15) is 0 Å². The van der Waals surface area contributed by atoms with E-state index < -0.39 is 0 Å². The van der Waals surface area contributed by atoms with Gasteiger partial charge >= 0.3 is 0 Å². The fourth-order valence-corrected chi connectivity index (χ4v) is 2.08. The zero-order valence-corrected chi connectivity index (χ0v) is 10.4. The number of anilines is 1. The summed E-state index contributed by atoms with van der Waals surface area (Å²) in [7, 11) is 0. The molecule has 2 aromatic heterocycles. The minimum Gasteiger partial charge on any atom is -0.401 e. The molecule has 94 valence electrons. The third kappa shape index (κ3) is 2.33. The van der Waals surface area contributed by atoms with Crippen LogP contribution in [0.4, 0.5) is 5.82 Å². The highest BCUT2D eigenvalue weighted by molar-refractivity contribution is 5.80. The number of nitrogens with zero attached hydrogens (tertiary/aromatic N) is 3. The predicted octanol–water partition coefficient (Wildman–Crippen LogP) is 2.18. The third-order valence-electron chi connectivity index (χ3n) is 2.97. The van der Waals surface area contributed by atoms with Crippen molar-refractivity contribution >= 4 is 11.5 Å². The first-order valence-electron chi connectivity index (χ1n) is 6.10. The molecule has 0 unspecified atom stereocenters. The van der Waals surface area contributed by atoms with Crippen molar-refractivity contribution in [2.45, 2.75) is 0 Å². The minimum atomic E-state index is 0.637. The van der Waals surface area contributed by atoms with Gasteiger partial charge in [-0.1, -0.05) is 6.07 Å². The van der Waals surface area contributed by atoms with Crippen LogP contribution in [0.25, 0.3) is 5.70 Å². The summed E-state index contributed by atoms with van der Waals surface area (Å²) >= 11 is 0. The van der Waals surface area contributed by atoms with Gasteiger partial charge in [-0.2, -0.15) is 0 Å². The van der Waals surface area contributed by atoms with Gasteiger partial charge in [0.25, 0.3) is 0 Å². The van der Waals surface area contributed by atoms with Crippen LogP contribution >= 0.6 is 0 Å². The smallest absolute Gasteiger partial charge is 0.133 e. The van der Waals surface area contributed by atoms with Crippen molar-refractivity contribution in [2.24, 2.45) is 5.73 Å². The van der Waals surface area contributed by atoms with Crippen LogP contribution in [0.3, 0.4) is 0 Å². The maximum atomic E-state index is 5.93. The fourth-order valence-electron chi connectivity index (χ4n) is 2.08. The summed E-state index contributed by atoms with van der Waals surface area (Å²) in [4.78, 5) is 10.7. The molecule has 0 aliphatic carbocycles. The second-order valence-corrected chi connectivity index (χ2v) is 4.31. The minimum absolute atomic E-state index is 0.637. The zero-order valence-electron chi connectivity index (χ0n) is 10.4. The second kappa shape index (κ2) is 4.94. The van der Waals surface area contributed by atoms with Gasteiger partial charge in [0.15, 0.2) is 0 Å². The van der Waals surface area contributed by atoms with Crippen LogP contribution < -0.4 is 10.6 Å². The molecule has 1 aliphatic heterocycles. The van der Waals surface area contributed by atoms with E-state index in [0.717, 1.165) is 22.8 Å². The number of nitrogens with two attached hydrogens (primary N) is 1. The Bertz CT molecular complexity index is 617. The van der Waals surface area contributed by atoms with Crippen LogP contribution in [0.2, 0.25) is 0 Å². The molecule has 0 fully saturated rings. The van der Waals surface area contributed by atoms with Crippen LogP contribution in [-0.4, -0.2) is 16.5 Å². The van der Waals surface area contributed by atoms with E-state index in [-0.39, 0.29) is 0 Å². The molecule has 0 atom stereocenters. The first-order chi connectivity index (χ1) is 9.34. The Morgan fingerprint density at radius 3 is 2.74 bits per heavy atom. The van der Waals surface area contributed by atoms with E-state index in [1.807, 2.05) is 48.7 Å². The number of pyridine rings is 2. The number of hydrogen-bond donors (Lipinski definition) is 1. The fraction of sp³-hybridized carbons (Fsp3) is 0.0667. The molecule has 0 saturated carbocycles. The quantitative estimate of drug-likeness (QED) is 0.887. The molecule has 0 radical (unpaired) electrons. The SMILES string of the molecule is NC1=CC=C(c2cccnc2)N(c2ccccn2)C1. The van der Waals surface area contributed by atoms with E-state index in [1.54, 1.807) is 12.4 Å². The van der Waals surface area contributed by atoms with Crippen molar-refractivity contribution in [2.75, 3.05) is 11.4 Å². The molecular weight excluding hydrogens is 236 g/mol. The summed E-state index contributed by atoms with van der Waals surface area (Å²) in [6.07, 6.45) is 9.33. The molecule has 19 heavy (non-hydrogen) atoms. The summed E-state index contributed by atoms with van der Waals surface area (Å²) in [5.74, 6) is 0.883. The molecule has 0 saturated heterocycles. The summed E-state index contributed by atoms with van der Waals surface area (Å²) in [6, 6.07) is 9.80. The zero-order chi connectivity index (χ0) is 13.1. The second-order valence-electron chi connectivity index (χ2n) is 4.31. The Labute approximate surface area is 111 Å². The van der Waals surface area contributed by atoms with Crippen molar-refractivity contribution in [1.82, 2.24) is 9.97 Å². The van der Waals surface area contributed by atoms with E-state index in [2.05, 4.69) is 14.9 Å². The summed E-state index contributed by atoms with van der Waals surface area (Å²) in [5, 5.41) is 0. The van der Waals surface area contributed by atoms with Crippen molar-refractivity contribution in [3.63, 3.8) is 0 Å². The summed E-state index contributed by atoms with van der Waals surface area (Å²) in [5.41, 5.74) is 8.86. The van der Waals surface area contributed by atoms with Gasteiger partial charge in [-0.15, -0.1) is 0 Å². The molecule has 0 amide bonds. The molecule has 2 aromatic rings. The first kappa shape index (κ1) is 11.5. The Morgan fingerprint density at radius 2 is 2.00 bits per heavy atom. The van der Waals surface area contributed by atoms with Crippen LogP contribution in [0, 0.1) is 0 Å². The van der Waals surface area contributed by atoms with Crippen LogP contribution in [-0.2, 0) is 0 Å². The van der Waals surface area contributed by atoms with Gasteiger partial charge in [0, 0.05) is 29.9 Å². The lowest BCUT2D eigenvalue weighted by molar-refractivity contribution is 0.980. The average molecular weight is 250 g/mol. The average Bonchev–Trinajstić information content (AvgIpc) is 2.49. The molecule has 3 rings (SSSR count). The van der Waals surface area contributed by atoms with Gasteiger partial charge in [-0.3, -0.25) is 4.98 Å². The van der Waals surface area contributed by atoms with Crippen molar-refractivity contribution in [1.29, 1.82) is 0 Å². The predicted molar refractivity (Wildman–Crippen MR) is 76.1 cm³/mol. The number of rotatable bonds is 2. The summed E-state index contributed by atoms with van der Waals surface area (Å²) < 4.78 is 0. The van der Waals surface area contributed by atoms with Crippen LogP contribution in [0.15, 0.2) is 66.8 Å². The van der Waals surface area contributed by atoms with Gasteiger partial charge in [-0.05, 0) is 36.4 Å². The van der Waals surface area contributed by atoms with Crippen LogP contribution in [0.1, 0.15) is 5.56 Å². The highest BCUT2D eigenvalue weighted by Gasteiger charge is 2.18. The molecule has 0 aromatic carbocycles. The van der Waals surface area contributed by atoms with E-state index in [4.69, 9.17) is 5.73 Å². The number of hydrogen-bond acceptors (Lipinski definition) is 4. The lowest BCUT2D eigenvalue weighted by Gasteiger charge is -2.29. The molecule has 2 N–H and O–H groups in total. The number of allylic oxidation sites excluding steroid dienone is 2. The van der Waals surface area contributed by atoms with Gasteiger partial charge in [0.05, 0.1) is 12.2 Å². The molecule has 3 heterocycles. The lowest BCUT2D eigenvalue weighted by Crippen LogP contribution is -2.29. The monoisotopic (exact) mass is 250 g/mol. The molecule has 0 bridgehead atoms. The third-order valence-corrected chi connectivity index (χ3v) is 2.97. The molecule has 4 nitrogen and oxygen atoms in total. The highest BCUT2D eigenvalue weighted by Crippen LogP contribution is 2.27. The highest BCUT2D eigenvalue weighted by atomic mass is 15.2. The summed E-state index contributed by atoms with van der Waals surface area (Å²) in [6.45, 7) is 0.637. The molecular formula is C15H14N4. The Kier molecular flexibility index (Phi) is 2.98. The van der Waals surface area contributed by atoms with Crippen molar-refractivity contribution in [3.8, 4) is 0 Å². The van der Waals surface area contributed by atoms with E-state index >= 15 is 0 Å². The van der Waals surface area contributed by atoms with Gasteiger partial charge in [0.2, 0.25) is 0 Å².